The lowest BCUT2D eigenvalue weighted by atomic mass is 9.34. The van der Waals surface area contributed by atoms with Crippen molar-refractivity contribution in [3.05, 3.63) is 133 Å². The van der Waals surface area contributed by atoms with Crippen molar-refractivity contribution in [3.63, 3.8) is 0 Å². The van der Waals surface area contributed by atoms with E-state index >= 15 is 0 Å². The third kappa shape index (κ3) is 4.21. The molecule has 0 bridgehead atoms. The molecular formula is C40H32BN3O2. The highest BCUT2D eigenvalue weighted by Crippen LogP contribution is 2.45. The van der Waals surface area contributed by atoms with Gasteiger partial charge in [-0.25, -0.2) is 0 Å². The smallest absolute Gasteiger partial charge is 0.260 e. The third-order valence-corrected chi connectivity index (χ3v) is 9.43. The first kappa shape index (κ1) is 26.9. The number of hydrogen-bond donors (Lipinski definition) is 0. The molecule has 5 aromatic carbocycles. The molecule has 0 fully saturated rings. The van der Waals surface area contributed by atoms with Crippen LogP contribution < -0.4 is 35.7 Å². The molecule has 1 aromatic heterocycles. The lowest BCUT2D eigenvalue weighted by Crippen LogP contribution is -2.57. The Kier molecular flexibility index (Phi) is 5.85. The molecule has 0 saturated heterocycles. The van der Waals surface area contributed by atoms with Gasteiger partial charge in [-0.2, -0.15) is 0 Å². The van der Waals surface area contributed by atoms with Gasteiger partial charge >= 0.3 is 0 Å². The molecule has 0 saturated carbocycles. The molecular weight excluding hydrogens is 565 g/mol. The zero-order chi connectivity index (χ0) is 31.0. The second-order valence-electron chi connectivity index (χ2n) is 13.3. The minimum absolute atomic E-state index is 0.0309. The van der Waals surface area contributed by atoms with Crippen LogP contribution in [-0.4, -0.2) is 18.4 Å². The number of benzene rings is 5. The summed E-state index contributed by atoms with van der Waals surface area (Å²) in [5, 5.41) is 0. The van der Waals surface area contributed by atoms with Gasteiger partial charge in [0.25, 0.3) is 6.71 Å². The summed E-state index contributed by atoms with van der Waals surface area (Å²) in [6.45, 7) is 7.38. The molecule has 0 unspecified atom stereocenters. The van der Waals surface area contributed by atoms with E-state index in [1.165, 1.54) is 22.6 Å². The first-order valence-electron chi connectivity index (χ1n) is 15.8. The van der Waals surface area contributed by atoms with Crippen LogP contribution in [0, 0.1) is 0 Å². The van der Waals surface area contributed by atoms with Crippen molar-refractivity contribution in [2.45, 2.75) is 26.2 Å². The van der Waals surface area contributed by atoms with Crippen LogP contribution in [-0.2, 0) is 5.41 Å². The van der Waals surface area contributed by atoms with Crippen molar-refractivity contribution in [2.24, 2.45) is 0 Å². The summed E-state index contributed by atoms with van der Waals surface area (Å²) in [5.74, 6) is 3.42. The normalized spacial score (nSPS) is 14.1. The van der Waals surface area contributed by atoms with E-state index in [2.05, 4.69) is 134 Å². The van der Waals surface area contributed by atoms with E-state index in [0.717, 1.165) is 63.0 Å². The molecule has 46 heavy (non-hydrogen) atoms. The minimum atomic E-state index is -0.0486. The first-order valence-corrected chi connectivity index (χ1v) is 15.8. The molecule has 0 aliphatic carbocycles. The number of aromatic nitrogens is 1. The molecule has 0 N–H and O–H groups in total. The SMILES string of the molecule is CC(C)(C)c1ccnc(-c2ccc3c(c2)B2c4cc(N5CN(c6ccccc6)c6ccccc65)ccc4Oc4cccc(c42)O3)c1. The Bertz CT molecular complexity index is 2140. The van der Waals surface area contributed by atoms with E-state index in [0.29, 0.717) is 0 Å². The summed E-state index contributed by atoms with van der Waals surface area (Å²) in [5.41, 5.74) is 11.3. The molecule has 222 valence electrons. The van der Waals surface area contributed by atoms with Crippen LogP contribution in [0.5, 0.6) is 23.0 Å². The average Bonchev–Trinajstić information content (AvgIpc) is 3.48. The number of fused-ring (bicyclic) bond motifs is 5. The lowest BCUT2D eigenvalue weighted by Gasteiger charge is -2.34. The zero-order valence-corrected chi connectivity index (χ0v) is 26.1. The van der Waals surface area contributed by atoms with Crippen molar-refractivity contribution in [1.29, 1.82) is 0 Å². The Morgan fingerprint density at radius 1 is 0.609 bits per heavy atom. The van der Waals surface area contributed by atoms with E-state index in [1.807, 2.05) is 24.4 Å². The van der Waals surface area contributed by atoms with Crippen LogP contribution in [0.4, 0.5) is 22.7 Å². The van der Waals surface area contributed by atoms with Crippen LogP contribution in [0.25, 0.3) is 11.3 Å². The van der Waals surface area contributed by atoms with Gasteiger partial charge in [0.15, 0.2) is 0 Å². The number of para-hydroxylation sites is 3. The van der Waals surface area contributed by atoms with Crippen molar-refractivity contribution in [3.8, 4) is 34.3 Å². The van der Waals surface area contributed by atoms with Crippen LogP contribution in [0.1, 0.15) is 26.3 Å². The summed E-state index contributed by atoms with van der Waals surface area (Å²) >= 11 is 0. The van der Waals surface area contributed by atoms with Gasteiger partial charge in [0.1, 0.15) is 29.7 Å². The molecule has 9 rings (SSSR count). The van der Waals surface area contributed by atoms with Gasteiger partial charge in [0.2, 0.25) is 0 Å². The molecule has 0 radical (unpaired) electrons. The van der Waals surface area contributed by atoms with E-state index in [1.54, 1.807) is 0 Å². The second kappa shape index (κ2) is 10.0. The summed E-state index contributed by atoms with van der Waals surface area (Å²) in [4.78, 5) is 9.55. The summed E-state index contributed by atoms with van der Waals surface area (Å²) < 4.78 is 13.1. The minimum Gasteiger partial charge on any atom is -0.458 e. The number of rotatable bonds is 3. The van der Waals surface area contributed by atoms with Crippen molar-refractivity contribution in [1.82, 2.24) is 4.98 Å². The van der Waals surface area contributed by atoms with Gasteiger partial charge in [-0.1, -0.05) is 63.2 Å². The first-order chi connectivity index (χ1) is 22.4. The molecule has 4 heterocycles. The Morgan fingerprint density at radius 3 is 1.98 bits per heavy atom. The Morgan fingerprint density at radius 2 is 1.26 bits per heavy atom. The number of nitrogens with zero attached hydrogens (tertiary/aromatic N) is 3. The van der Waals surface area contributed by atoms with Crippen LogP contribution in [0.2, 0.25) is 0 Å². The fraction of sp³-hybridized carbons (Fsp3) is 0.125. The van der Waals surface area contributed by atoms with Crippen molar-refractivity contribution < 1.29 is 9.47 Å². The van der Waals surface area contributed by atoms with E-state index in [9.17, 15) is 0 Å². The van der Waals surface area contributed by atoms with Crippen LogP contribution in [0.15, 0.2) is 128 Å². The molecule has 3 aliphatic rings. The van der Waals surface area contributed by atoms with E-state index < -0.39 is 0 Å². The quantitative estimate of drug-likeness (QED) is 0.193. The fourth-order valence-corrected chi connectivity index (χ4v) is 7.07. The Labute approximate surface area is 269 Å². The molecule has 0 atom stereocenters. The van der Waals surface area contributed by atoms with Gasteiger partial charge in [0, 0.05) is 23.0 Å². The standard InChI is InChI=1S/C40H32BN3O2/c1-40(2,3)27-20-21-42-32(23-27)26-16-18-35-30(22-26)41-31-24-29(17-19-36(31)46-38-15-9-14-37(45-35)39(38)41)44-25-43(28-10-5-4-6-11-28)33-12-7-8-13-34(33)44/h4-24H,25H2,1-3H3. The molecule has 5 nitrogen and oxygen atoms in total. The predicted octanol–water partition coefficient (Wildman–Crippen LogP) is 8.02. The Hall–Kier alpha value is -5.49. The average molecular weight is 598 g/mol. The second-order valence-corrected chi connectivity index (χ2v) is 13.3. The molecule has 6 aromatic rings. The van der Waals surface area contributed by atoms with Gasteiger partial charge in [-0.05, 0) is 106 Å². The highest BCUT2D eigenvalue weighted by atomic mass is 16.5. The van der Waals surface area contributed by atoms with Gasteiger partial charge in [0.05, 0.1) is 17.1 Å². The molecule has 0 spiro atoms. The number of hydrogen-bond acceptors (Lipinski definition) is 5. The van der Waals surface area contributed by atoms with Crippen molar-refractivity contribution in [2.75, 3.05) is 16.5 Å². The maximum absolute atomic E-state index is 6.56. The number of pyridine rings is 1. The molecule has 0 amide bonds. The van der Waals surface area contributed by atoms with Gasteiger partial charge < -0.3 is 19.3 Å². The Balaban J connectivity index is 1.18. The van der Waals surface area contributed by atoms with Crippen LogP contribution >= 0.6 is 0 Å². The van der Waals surface area contributed by atoms with E-state index in [4.69, 9.17) is 14.5 Å². The lowest BCUT2D eigenvalue weighted by molar-refractivity contribution is 0.464. The molecule has 3 aliphatic heterocycles. The third-order valence-electron chi connectivity index (χ3n) is 9.43. The largest absolute Gasteiger partial charge is 0.458 e. The highest BCUT2D eigenvalue weighted by molar-refractivity contribution is 6.98. The zero-order valence-electron chi connectivity index (χ0n) is 26.1. The van der Waals surface area contributed by atoms with Gasteiger partial charge in [-0.15, -0.1) is 0 Å². The monoisotopic (exact) mass is 597 g/mol. The number of anilines is 4. The summed E-state index contributed by atoms with van der Waals surface area (Å²) in [7, 11) is 0. The van der Waals surface area contributed by atoms with Crippen molar-refractivity contribution >= 4 is 45.9 Å². The number of ether oxygens (including phenoxy) is 2. The summed E-state index contributed by atoms with van der Waals surface area (Å²) in [6, 6.07) is 42.7. The van der Waals surface area contributed by atoms with Crippen LogP contribution in [0.3, 0.4) is 0 Å². The highest BCUT2D eigenvalue weighted by Gasteiger charge is 2.41. The molecule has 6 heteroatoms. The summed E-state index contributed by atoms with van der Waals surface area (Å²) in [6.07, 6.45) is 1.92. The maximum atomic E-state index is 6.56. The predicted molar refractivity (Wildman–Crippen MR) is 188 cm³/mol. The van der Waals surface area contributed by atoms with E-state index in [-0.39, 0.29) is 12.1 Å². The topological polar surface area (TPSA) is 37.8 Å². The maximum Gasteiger partial charge on any atom is 0.260 e. The fourth-order valence-electron chi connectivity index (χ4n) is 7.07. The van der Waals surface area contributed by atoms with Gasteiger partial charge in [-0.3, -0.25) is 4.98 Å².